The second-order valence-corrected chi connectivity index (χ2v) is 4.62. The van der Waals surface area contributed by atoms with Crippen LogP contribution in [0.15, 0.2) is 6.07 Å². The topological polar surface area (TPSA) is 61.7 Å². The van der Waals surface area contributed by atoms with Crippen LogP contribution in [0.25, 0.3) is 0 Å². The lowest BCUT2D eigenvalue weighted by Gasteiger charge is -2.05. The molecule has 0 aromatic carbocycles. The number of hydrogen-bond donors (Lipinski definition) is 1. The Morgan fingerprint density at radius 3 is 2.50 bits per heavy atom. The van der Waals surface area contributed by atoms with Gasteiger partial charge in [-0.15, -0.1) is 0 Å². The van der Waals surface area contributed by atoms with Crippen LogP contribution in [0.4, 0.5) is 0 Å². The van der Waals surface area contributed by atoms with Crippen molar-refractivity contribution < 1.29 is 0 Å². The van der Waals surface area contributed by atoms with E-state index < -0.39 is 0 Å². The molecule has 98 valence electrons. The van der Waals surface area contributed by atoms with Gasteiger partial charge >= 0.3 is 0 Å². The molecule has 0 bridgehead atoms. The van der Waals surface area contributed by atoms with E-state index in [0.717, 1.165) is 35.6 Å². The zero-order valence-electron chi connectivity index (χ0n) is 11.6. The van der Waals surface area contributed by atoms with Gasteiger partial charge in [0, 0.05) is 24.8 Å². The number of nitrogens with two attached hydrogens (primary N) is 1. The molecular formula is C13H21N5. The van der Waals surface area contributed by atoms with Gasteiger partial charge in [-0.2, -0.15) is 10.2 Å². The predicted molar refractivity (Wildman–Crippen MR) is 71.3 cm³/mol. The smallest absolute Gasteiger partial charge is 0.0831 e. The largest absolute Gasteiger partial charge is 0.326 e. The fourth-order valence-electron chi connectivity index (χ4n) is 2.23. The molecule has 2 aromatic heterocycles. The quantitative estimate of drug-likeness (QED) is 0.886. The van der Waals surface area contributed by atoms with Gasteiger partial charge in [0.2, 0.25) is 0 Å². The molecule has 18 heavy (non-hydrogen) atoms. The Labute approximate surface area is 108 Å². The Balaban J connectivity index is 2.31. The molecule has 2 heterocycles. The van der Waals surface area contributed by atoms with Crippen LogP contribution in [0.3, 0.4) is 0 Å². The first-order chi connectivity index (χ1) is 8.56. The number of hydrogen-bond acceptors (Lipinski definition) is 3. The Bertz CT molecular complexity index is 550. The average molecular weight is 247 g/mol. The molecule has 0 spiro atoms. The normalized spacial score (nSPS) is 11.2. The minimum atomic E-state index is 0.545. The highest BCUT2D eigenvalue weighted by Gasteiger charge is 2.12. The SMILES string of the molecule is CCc1cc(Cn2nc(C)c(CN)c2C)n(C)n1. The second kappa shape index (κ2) is 4.94. The number of nitrogens with zero attached hydrogens (tertiary/aromatic N) is 4. The van der Waals surface area contributed by atoms with E-state index in [-0.39, 0.29) is 0 Å². The summed E-state index contributed by atoms with van der Waals surface area (Å²) in [7, 11) is 1.98. The summed E-state index contributed by atoms with van der Waals surface area (Å²) >= 11 is 0. The minimum Gasteiger partial charge on any atom is -0.326 e. The van der Waals surface area contributed by atoms with Crippen LogP contribution < -0.4 is 5.73 Å². The molecule has 2 aromatic rings. The van der Waals surface area contributed by atoms with Gasteiger partial charge in [-0.3, -0.25) is 9.36 Å². The predicted octanol–water partition coefficient (Wildman–Crippen LogP) is 1.30. The zero-order valence-corrected chi connectivity index (χ0v) is 11.6. The lowest BCUT2D eigenvalue weighted by molar-refractivity contribution is 0.602. The lowest BCUT2D eigenvalue weighted by Crippen LogP contribution is -2.09. The van der Waals surface area contributed by atoms with Gasteiger partial charge in [0.05, 0.1) is 23.6 Å². The van der Waals surface area contributed by atoms with Crippen LogP contribution in [0.2, 0.25) is 0 Å². The van der Waals surface area contributed by atoms with E-state index >= 15 is 0 Å². The van der Waals surface area contributed by atoms with Gasteiger partial charge in [-0.25, -0.2) is 0 Å². The van der Waals surface area contributed by atoms with Crippen molar-refractivity contribution in [3.8, 4) is 0 Å². The van der Waals surface area contributed by atoms with Gasteiger partial charge in [0.1, 0.15) is 0 Å². The summed E-state index contributed by atoms with van der Waals surface area (Å²) in [6.45, 7) is 7.48. The van der Waals surface area contributed by atoms with Gasteiger partial charge in [-0.05, 0) is 26.3 Å². The highest BCUT2D eigenvalue weighted by Crippen LogP contribution is 2.14. The van der Waals surface area contributed by atoms with Gasteiger partial charge in [0.25, 0.3) is 0 Å². The molecule has 0 aliphatic heterocycles. The van der Waals surface area contributed by atoms with Crippen molar-refractivity contribution in [2.75, 3.05) is 0 Å². The Hall–Kier alpha value is -1.62. The number of aryl methyl sites for hydroxylation is 3. The molecule has 0 radical (unpaired) electrons. The molecule has 2 rings (SSSR count). The Kier molecular flexibility index (Phi) is 3.52. The minimum absolute atomic E-state index is 0.545. The van der Waals surface area contributed by atoms with Crippen LogP contribution in [-0.4, -0.2) is 19.6 Å². The molecule has 0 saturated heterocycles. The summed E-state index contributed by atoms with van der Waals surface area (Å²) in [6, 6.07) is 2.14. The van der Waals surface area contributed by atoms with Crippen LogP contribution in [0, 0.1) is 13.8 Å². The lowest BCUT2D eigenvalue weighted by atomic mass is 10.2. The molecule has 0 fully saturated rings. The fourth-order valence-corrected chi connectivity index (χ4v) is 2.23. The highest BCUT2D eigenvalue weighted by molar-refractivity contribution is 5.25. The summed E-state index contributed by atoms with van der Waals surface area (Å²) in [6.07, 6.45) is 0.957. The molecule has 2 N–H and O–H groups in total. The summed E-state index contributed by atoms with van der Waals surface area (Å²) in [5.74, 6) is 0. The van der Waals surface area contributed by atoms with Crippen LogP contribution in [0.1, 0.15) is 35.3 Å². The molecule has 5 nitrogen and oxygen atoms in total. The molecule has 0 unspecified atom stereocenters. The molecule has 0 aliphatic rings. The van der Waals surface area contributed by atoms with Crippen LogP contribution >= 0.6 is 0 Å². The highest BCUT2D eigenvalue weighted by atomic mass is 15.3. The van der Waals surface area contributed by atoms with E-state index in [1.807, 2.05) is 23.3 Å². The first-order valence-corrected chi connectivity index (χ1v) is 6.31. The summed E-state index contributed by atoms with van der Waals surface area (Å²) in [4.78, 5) is 0. The third kappa shape index (κ3) is 2.18. The first-order valence-electron chi connectivity index (χ1n) is 6.31. The number of aromatic nitrogens is 4. The van der Waals surface area contributed by atoms with Crippen molar-refractivity contribution in [2.24, 2.45) is 12.8 Å². The zero-order chi connectivity index (χ0) is 13.3. The molecule has 0 aliphatic carbocycles. The van der Waals surface area contributed by atoms with Crippen molar-refractivity contribution >= 4 is 0 Å². The van der Waals surface area contributed by atoms with Crippen molar-refractivity contribution in [1.29, 1.82) is 0 Å². The van der Waals surface area contributed by atoms with E-state index in [1.54, 1.807) is 0 Å². The fraction of sp³-hybridized carbons (Fsp3) is 0.538. The molecular weight excluding hydrogens is 226 g/mol. The third-order valence-corrected chi connectivity index (χ3v) is 3.44. The summed E-state index contributed by atoms with van der Waals surface area (Å²) < 4.78 is 3.94. The van der Waals surface area contributed by atoms with Crippen molar-refractivity contribution in [3.63, 3.8) is 0 Å². The molecule has 0 amide bonds. The second-order valence-electron chi connectivity index (χ2n) is 4.62. The summed E-state index contributed by atoms with van der Waals surface area (Å²) in [5.41, 5.74) is 11.3. The maximum Gasteiger partial charge on any atom is 0.0831 e. The van der Waals surface area contributed by atoms with Gasteiger partial charge < -0.3 is 5.73 Å². The standard InChI is InChI=1S/C13H21N5/c1-5-11-6-12(17(4)16-11)8-18-10(3)13(7-14)9(2)15-18/h6H,5,7-8,14H2,1-4H3. The molecule has 0 saturated carbocycles. The number of rotatable bonds is 4. The van der Waals surface area contributed by atoms with Crippen molar-refractivity contribution in [2.45, 2.75) is 40.3 Å². The van der Waals surface area contributed by atoms with E-state index in [1.165, 1.54) is 5.69 Å². The maximum atomic E-state index is 5.74. The van der Waals surface area contributed by atoms with E-state index in [4.69, 9.17) is 5.73 Å². The molecule has 5 heteroatoms. The Morgan fingerprint density at radius 1 is 1.28 bits per heavy atom. The Morgan fingerprint density at radius 2 is 2.00 bits per heavy atom. The van der Waals surface area contributed by atoms with Gasteiger partial charge in [0.15, 0.2) is 0 Å². The van der Waals surface area contributed by atoms with Crippen LogP contribution in [0.5, 0.6) is 0 Å². The summed E-state index contributed by atoms with van der Waals surface area (Å²) in [5, 5.41) is 9.00. The van der Waals surface area contributed by atoms with Crippen molar-refractivity contribution in [1.82, 2.24) is 19.6 Å². The van der Waals surface area contributed by atoms with Gasteiger partial charge in [-0.1, -0.05) is 6.92 Å². The molecule has 0 atom stereocenters. The average Bonchev–Trinajstić information content (AvgIpc) is 2.82. The van der Waals surface area contributed by atoms with E-state index in [0.29, 0.717) is 6.54 Å². The van der Waals surface area contributed by atoms with E-state index in [2.05, 4.69) is 30.1 Å². The van der Waals surface area contributed by atoms with E-state index in [9.17, 15) is 0 Å². The monoisotopic (exact) mass is 247 g/mol. The maximum absolute atomic E-state index is 5.74. The van der Waals surface area contributed by atoms with Crippen molar-refractivity contribution in [3.05, 3.63) is 34.4 Å². The first kappa shape index (κ1) is 12.8. The van der Waals surface area contributed by atoms with Crippen LogP contribution in [-0.2, 0) is 26.6 Å². The third-order valence-electron chi connectivity index (χ3n) is 3.44.